The van der Waals surface area contributed by atoms with Crippen LogP contribution in [0.3, 0.4) is 0 Å². The molecular formula is C28H35NO3. The van der Waals surface area contributed by atoms with Gasteiger partial charge in [0.1, 0.15) is 11.2 Å². The van der Waals surface area contributed by atoms with Gasteiger partial charge in [-0.2, -0.15) is 0 Å². The van der Waals surface area contributed by atoms with E-state index in [9.17, 15) is 4.79 Å². The van der Waals surface area contributed by atoms with E-state index in [4.69, 9.17) is 9.47 Å². The Balaban J connectivity index is 1.57. The van der Waals surface area contributed by atoms with E-state index in [0.717, 1.165) is 63.1 Å². The zero-order valence-corrected chi connectivity index (χ0v) is 19.4. The van der Waals surface area contributed by atoms with E-state index in [-0.39, 0.29) is 5.97 Å². The number of benzene rings is 2. The molecule has 1 heterocycles. The highest BCUT2D eigenvalue weighted by Gasteiger charge is 2.52. The Hall–Kier alpha value is -2.59. The fourth-order valence-corrected chi connectivity index (χ4v) is 5.50. The number of fused-ring (bicyclic) bond motifs is 2. The van der Waals surface area contributed by atoms with Gasteiger partial charge < -0.3 is 14.4 Å². The topological polar surface area (TPSA) is 38.8 Å². The summed E-state index contributed by atoms with van der Waals surface area (Å²) in [7, 11) is 1.69. The second-order valence-corrected chi connectivity index (χ2v) is 9.09. The Labute approximate surface area is 192 Å². The van der Waals surface area contributed by atoms with E-state index in [1.165, 1.54) is 11.1 Å². The zero-order valence-electron chi connectivity index (χ0n) is 19.4. The zero-order chi connectivity index (χ0) is 22.4. The summed E-state index contributed by atoms with van der Waals surface area (Å²) >= 11 is 0. The molecule has 2 fully saturated rings. The lowest BCUT2D eigenvalue weighted by Gasteiger charge is -2.50. The number of piperidine rings is 1. The molecule has 0 spiro atoms. The number of ether oxygens (including phenoxy) is 2. The fraction of sp³-hybridized carbons (Fsp3) is 0.464. The van der Waals surface area contributed by atoms with Crippen molar-refractivity contribution >= 4 is 12.0 Å². The third kappa shape index (κ3) is 4.91. The highest BCUT2D eigenvalue weighted by molar-refractivity contribution is 5.84. The van der Waals surface area contributed by atoms with Crippen molar-refractivity contribution in [3.63, 3.8) is 0 Å². The van der Waals surface area contributed by atoms with E-state index < -0.39 is 5.41 Å². The minimum atomic E-state index is -0.535. The van der Waals surface area contributed by atoms with E-state index >= 15 is 0 Å². The molecular weight excluding hydrogens is 398 g/mol. The summed E-state index contributed by atoms with van der Waals surface area (Å²) in [4.78, 5) is 15.9. The van der Waals surface area contributed by atoms with Gasteiger partial charge in [-0.3, -0.25) is 4.79 Å². The van der Waals surface area contributed by atoms with Gasteiger partial charge in [-0.15, -0.1) is 0 Å². The largest absolute Gasteiger partial charge is 0.497 e. The maximum absolute atomic E-state index is 13.4. The Morgan fingerprint density at radius 3 is 2.81 bits per heavy atom. The van der Waals surface area contributed by atoms with Crippen LogP contribution in [0.1, 0.15) is 43.7 Å². The Morgan fingerprint density at radius 1 is 1.19 bits per heavy atom. The molecule has 2 aliphatic rings. The van der Waals surface area contributed by atoms with Crippen molar-refractivity contribution in [1.82, 2.24) is 4.90 Å². The highest BCUT2D eigenvalue weighted by Crippen LogP contribution is 2.50. The third-order valence-electron chi connectivity index (χ3n) is 6.99. The third-order valence-corrected chi connectivity index (χ3v) is 6.99. The molecule has 170 valence electrons. The maximum atomic E-state index is 13.4. The van der Waals surface area contributed by atoms with Crippen LogP contribution in [-0.4, -0.2) is 44.2 Å². The van der Waals surface area contributed by atoms with Gasteiger partial charge >= 0.3 is 5.97 Å². The van der Waals surface area contributed by atoms with Crippen molar-refractivity contribution in [3.8, 4) is 5.75 Å². The van der Waals surface area contributed by atoms with Crippen LogP contribution in [0.25, 0.3) is 6.08 Å². The number of rotatable bonds is 8. The number of aryl methyl sites for hydroxylation is 1. The number of likely N-dealkylation sites (tertiary alicyclic amines) is 1. The molecule has 2 bridgehead atoms. The molecule has 32 heavy (non-hydrogen) atoms. The predicted molar refractivity (Wildman–Crippen MR) is 129 cm³/mol. The SMILES string of the molecule is CCOC(=O)[C@]12CCC[C@H](CN(CCCc3ccccc3)C1)C2=Cc1cccc(OC)c1. The molecule has 0 aromatic heterocycles. The highest BCUT2D eigenvalue weighted by atomic mass is 16.5. The molecule has 1 aliphatic heterocycles. The number of methoxy groups -OCH3 is 1. The summed E-state index contributed by atoms with van der Waals surface area (Å²) in [6, 6.07) is 18.8. The lowest BCUT2D eigenvalue weighted by molar-refractivity contribution is -0.158. The van der Waals surface area contributed by atoms with Gasteiger partial charge in [-0.05, 0) is 73.9 Å². The Kier molecular flexibility index (Phi) is 7.31. The number of hydrogen-bond acceptors (Lipinski definition) is 4. The monoisotopic (exact) mass is 433 g/mol. The molecule has 1 saturated heterocycles. The minimum Gasteiger partial charge on any atom is -0.497 e. The second kappa shape index (κ2) is 10.4. The molecule has 4 heteroatoms. The first-order valence-corrected chi connectivity index (χ1v) is 11.9. The van der Waals surface area contributed by atoms with Gasteiger partial charge in [0.05, 0.1) is 13.7 Å². The van der Waals surface area contributed by atoms with Crippen LogP contribution < -0.4 is 4.74 Å². The number of carbonyl (C=O) groups is 1. The molecule has 4 rings (SSSR count). The molecule has 0 unspecified atom stereocenters. The number of nitrogens with zero attached hydrogens (tertiary/aromatic N) is 1. The maximum Gasteiger partial charge on any atom is 0.317 e. The summed E-state index contributed by atoms with van der Waals surface area (Å²) in [6.07, 6.45) is 7.49. The van der Waals surface area contributed by atoms with Gasteiger partial charge in [-0.25, -0.2) is 0 Å². The normalized spacial score (nSPS) is 24.3. The van der Waals surface area contributed by atoms with Crippen LogP contribution in [0.2, 0.25) is 0 Å². The Bertz CT molecular complexity index is 939. The molecule has 0 radical (unpaired) electrons. The van der Waals surface area contributed by atoms with E-state index in [2.05, 4.69) is 47.4 Å². The van der Waals surface area contributed by atoms with Gasteiger partial charge in [0, 0.05) is 13.1 Å². The van der Waals surface area contributed by atoms with Gasteiger partial charge in [-0.1, -0.05) is 55.0 Å². The van der Waals surface area contributed by atoms with Gasteiger partial charge in [0.15, 0.2) is 0 Å². The number of carbonyl (C=O) groups excluding carboxylic acids is 1. The lowest BCUT2D eigenvalue weighted by Crippen LogP contribution is -2.55. The molecule has 0 amide bonds. The first-order valence-electron chi connectivity index (χ1n) is 11.9. The van der Waals surface area contributed by atoms with Crippen molar-refractivity contribution in [2.45, 2.75) is 39.0 Å². The lowest BCUT2D eigenvalue weighted by atomic mass is 9.62. The van der Waals surface area contributed by atoms with Crippen LogP contribution in [0, 0.1) is 11.3 Å². The van der Waals surface area contributed by atoms with Crippen molar-refractivity contribution < 1.29 is 14.3 Å². The molecule has 2 aromatic carbocycles. The Morgan fingerprint density at radius 2 is 2.03 bits per heavy atom. The van der Waals surface area contributed by atoms with Gasteiger partial charge in [0.2, 0.25) is 0 Å². The van der Waals surface area contributed by atoms with E-state index in [1.807, 2.05) is 25.1 Å². The van der Waals surface area contributed by atoms with Crippen LogP contribution in [0.15, 0.2) is 60.2 Å². The molecule has 1 aliphatic carbocycles. The van der Waals surface area contributed by atoms with Crippen LogP contribution in [0.5, 0.6) is 5.75 Å². The summed E-state index contributed by atoms with van der Waals surface area (Å²) in [5.41, 5.74) is 3.20. The smallest absolute Gasteiger partial charge is 0.317 e. The average molecular weight is 434 g/mol. The number of esters is 1. The van der Waals surface area contributed by atoms with Gasteiger partial charge in [0.25, 0.3) is 0 Å². The van der Waals surface area contributed by atoms with E-state index in [0.29, 0.717) is 12.5 Å². The average Bonchev–Trinajstić information content (AvgIpc) is 2.80. The number of hydrogen-bond donors (Lipinski definition) is 0. The molecule has 1 saturated carbocycles. The van der Waals surface area contributed by atoms with Crippen molar-refractivity contribution in [2.24, 2.45) is 11.3 Å². The first kappa shape index (κ1) is 22.6. The van der Waals surface area contributed by atoms with Crippen molar-refractivity contribution in [3.05, 3.63) is 71.3 Å². The fourth-order valence-electron chi connectivity index (χ4n) is 5.50. The van der Waals surface area contributed by atoms with Crippen LogP contribution in [0.4, 0.5) is 0 Å². The van der Waals surface area contributed by atoms with Crippen LogP contribution >= 0.6 is 0 Å². The minimum absolute atomic E-state index is 0.0494. The molecule has 0 N–H and O–H groups in total. The van der Waals surface area contributed by atoms with E-state index in [1.54, 1.807) is 7.11 Å². The van der Waals surface area contributed by atoms with Crippen molar-refractivity contribution in [1.29, 1.82) is 0 Å². The second-order valence-electron chi connectivity index (χ2n) is 9.09. The first-order chi connectivity index (χ1) is 15.6. The summed E-state index contributed by atoms with van der Waals surface area (Å²) in [6.45, 7) is 5.12. The van der Waals surface area contributed by atoms with Crippen molar-refractivity contribution in [2.75, 3.05) is 33.4 Å². The standard InChI is InChI=1S/C28H35NO3/c1-3-32-27(30)28-16-8-14-24(26(28)19-23-12-7-15-25(18-23)31-2)20-29(21-28)17-9-13-22-10-5-4-6-11-22/h4-7,10-12,15,18-19,24H,3,8-9,13-14,16-17,20-21H2,1-2H3/t24-,28-/m1/s1. The molecule has 2 atom stereocenters. The quantitative estimate of drug-likeness (QED) is 0.524. The summed E-state index contributed by atoms with van der Waals surface area (Å²) < 4.78 is 11.1. The summed E-state index contributed by atoms with van der Waals surface area (Å²) in [5.74, 6) is 1.18. The summed E-state index contributed by atoms with van der Waals surface area (Å²) in [5, 5.41) is 0. The molecule has 2 aromatic rings. The van der Waals surface area contributed by atoms with Crippen LogP contribution in [-0.2, 0) is 16.0 Å². The predicted octanol–water partition coefficient (Wildman–Crippen LogP) is 5.38. The molecule has 4 nitrogen and oxygen atoms in total.